The van der Waals surface area contributed by atoms with Gasteiger partial charge >= 0.3 is 0 Å². The van der Waals surface area contributed by atoms with Crippen molar-refractivity contribution in [3.05, 3.63) is 28.2 Å². The second kappa shape index (κ2) is 5.74. The topological polar surface area (TPSA) is 66.5 Å². The van der Waals surface area contributed by atoms with Gasteiger partial charge in [0, 0.05) is 5.02 Å². The maximum atomic E-state index is 12.6. The largest absolute Gasteiger partial charge is 0.323 e. The number of carbonyl (C=O) groups is 3. The molecule has 1 aliphatic heterocycles. The summed E-state index contributed by atoms with van der Waals surface area (Å²) >= 11 is 11.8. The smallest absolute Gasteiger partial charge is 0.244 e. The standard InChI is InChI=1S/C17H16Cl2N2O3/c18-10-3-4-12(11(19)6-10)20-13(22)7-21-16(23)14-8-1-2-9(5-8)15(14)17(21)24/h3-4,6,8-9,14-15H,1-2,5,7H2,(H,20,22)/t8-,9+,14-,15+. The molecule has 2 aliphatic carbocycles. The van der Waals surface area contributed by atoms with E-state index in [0.717, 1.165) is 24.2 Å². The monoisotopic (exact) mass is 366 g/mol. The van der Waals surface area contributed by atoms with Crippen LogP contribution in [-0.4, -0.2) is 29.2 Å². The summed E-state index contributed by atoms with van der Waals surface area (Å²) in [5.41, 5.74) is 0.408. The summed E-state index contributed by atoms with van der Waals surface area (Å²) in [6, 6.07) is 4.72. The van der Waals surface area contributed by atoms with Gasteiger partial charge in [-0.2, -0.15) is 0 Å². The normalized spacial score (nSPS) is 30.8. The Labute approximate surface area is 149 Å². The van der Waals surface area contributed by atoms with Crippen LogP contribution in [0.15, 0.2) is 18.2 Å². The summed E-state index contributed by atoms with van der Waals surface area (Å²) in [4.78, 5) is 38.5. The molecule has 5 nitrogen and oxygen atoms in total. The third-order valence-electron chi connectivity index (χ3n) is 5.53. The van der Waals surface area contributed by atoms with Gasteiger partial charge in [0.1, 0.15) is 6.54 Å². The second-order valence-electron chi connectivity index (χ2n) is 6.82. The number of amides is 3. The maximum Gasteiger partial charge on any atom is 0.244 e. The van der Waals surface area contributed by atoms with Crippen LogP contribution in [0, 0.1) is 23.7 Å². The fourth-order valence-electron chi connectivity index (χ4n) is 4.55. The average molecular weight is 367 g/mol. The molecule has 1 N–H and O–H groups in total. The van der Waals surface area contributed by atoms with Gasteiger partial charge < -0.3 is 5.32 Å². The zero-order valence-electron chi connectivity index (χ0n) is 12.8. The molecule has 3 aliphatic rings. The van der Waals surface area contributed by atoms with Crippen LogP contribution in [-0.2, 0) is 14.4 Å². The third kappa shape index (κ3) is 2.42. The summed E-state index contributed by atoms with van der Waals surface area (Å²) < 4.78 is 0. The zero-order chi connectivity index (χ0) is 17.0. The lowest BCUT2D eigenvalue weighted by Gasteiger charge is -2.19. The predicted molar refractivity (Wildman–Crippen MR) is 89.6 cm³/mol. The third-order valence-corrected chi connectivity index (χ3v) is 6.07. The molecule has 126 valence electrons. The first kappa shape index (κ1) is 15.9. The van der Waals surface area contributed by atoms with E-state index in [9.17, 15) is 14.4 Å². The Balaban J connectivity index is 1.46. The predicted octanol–water partition coefficient (Wildman–Crippen LogP) is 2.96. The molecule has 0 unspecified atom stereocenters. The molecule has 1 aromatic rings. The van der Waals surface area contributed by atoms with Crippen molar-refractivity contribution in [2.24, 2.45) is 23.7 Å². The number of carbonyl (C=O) groups excluding carboxylic acids is 3. The lowest BCUT2D eigenvalue weighted by Crippen LogP contribution is -2.39. The van der Waals surface area contributed by atoms with Crippen LogP contribution in [0.25, 0.3) is 0 Å². The molecule has 3 fully saturated rings. The summed E-state index contributed by atoms with van der Waals surface area (Å²) in [5, 5.41) is 3.41. The van der Waals surface area contributed by atoms with Gasteiger partial charge in [0.05, 0.1) is 22.5 Å². The van der Waals surface area contributed by atoms with Gasteiger partial charge in [-0.05, 0) is 49.3 Å². The highest BCUT2D eigenvalue weighted by molar-refractivity contribution is 6.36. The molecule has 4 rings (SSSR count). The van der Waals surface area contributed by atoms with E-state index in [1.807, 2.05) is 0 Å². The highest BCUT2D eigenvalue weighted by Crippen LogP contribution is 2.56. The molecule has 2 bridgehead atoms. The van der Waals surface area contributed by atoms with Crippen LogP contribution < -0.4 is 5.32 Å². The SMILES string of the molecule is O=C(CN1C(=O)[C@@H]2[C@@H]3CC[C@@H](C3)[C@@H]2C1=O)Nc1ccc(Cl)cc1Cl. The molecule has 3 amide bonds. The minimum Gasteiger partial charge on any atom is -0.323 e. The first-order valence-electron chi connectivity index (χ1n) is 8.06. The number of nitrogens with zero attached hydrogens (tertiary/aromatic N) is 1. The number of halogens is 2. The van der Waals surface area contributed by atoms with Crippen LogP contribution in [0.4, 0.5) is 5.69 Å². The summed E-state index contributed by atoms with van der Waals surface area (Å²) in [6.07, 6.45) is 3.02. The average Bonchev–Trinajstić information content (AvgIpc) is 3.20. The molecule has 0 radical (unpaired) electrons. The zero-order valence-corrected chi connectivity index (χ0v) is 14.3. The van der Waals surface area contributed by atoms with Gasteiger partial charge in [-0.1, -0.05) is 23.2 Å². The van der Waals surface area contributed by atoms with Crippen molar-refractivity contribution in [2.45, 2.75) is 19.3 Å². The minimum atomic E-state index is -0.437. The quantitative estimate of drug-likeness (QED) is 0.836. The van der Waals surface area contributed by atoms with E-state index in [-0.39, 0.29) is 30.2 Å². The minimum absolute atomic E-state index is 0.186. The van der Waals surface area contributed by atoms with Gasteiger partial charge in [0.2, 0.25) is 17.7 Å². The summed E-state index contributed by atoms with van der Waals surface area (Å²) in [6.45, 7) is -0.261. The van der Waals surface area contributed by atoms with Gasteiger partial charge in [0.15, 0.2) is 0 Å². The van der Waals surface area contributed by atoms with Gasteiger partial charge in [-0.3, -0.25) is 19.3 Å². The Morgan fingerprint density at radius 1 is 1.12 bits per heavy atom. The Kier molecular flexibility index (Phi) is 3.81. The van der Waals surface area contributed by atoms with E-state index in [1.54, 1.807) is 12.1 Å². The Morgan fingerprint density at radius 2 is 1.75 bits per heavy atom. The number of fused-ring (bicyclic) bond motifs is 5. The molecule has 24 heavy (non-hydrogen) atoms. The number of hydrogen-bond acceptors (Lipinski definition) is 3. The molecule has 2 saturated carbocycles. The van der Waals surface area contributed by atoms with Gasteiger partial charge in [-0.25, -0.2) is 0 Å². The highest BCUT2D eigenvalue weighted by atomic mass is 35.5. The van der Waals surface area contributed by atoms with Gasteiger partial charge in [-0.15, -0.1) is 0 Å². The number of likely N-dealkylation sites (tertiary alicyclic amines) is 1. The van der Waals surface area contributed by atoms with E-state index in [2.05, 4.69) is 5.32 Å². The fourth-order valence-corrected chi connectivity index (χ4v) is 5.01. The van der Waals surface area contributed by atoms with E-state index >= 15 is 0 Å². The Morgan fingerprint density at radius 3 is 2.33 bits per heavy atom. The van der Waals surface area contributed by atoms with E-state index in [1.165, 1.54) is 6.07 Å². The highest BCUT2D eigenvalue weighted by Gasteiger charge is 2.60. The molecule has 1 saturated heterocycles. The van der Waals surface area contributed by atoms with Crippen LogP contribution in [0.3, 0.4) is 0 Å². The molecule has 0 spiro atoms. The molecule has 0 aromatic heterocycles. The molecular weight excluding hydrogens is 351 g/mol. The number of imide groups is 1. The summed E-state index contributed by atoms with van der Waals surface area (Å²) in [7, 11) is 0. The van der Waals surface area contributed by atoms with E-state index < -0.39 is 5.91 Å². The Hall–Kier alpha value is -1.59. The molecule has 4 atom stereocenters. The van der Waals surface area contributed by atoms with Crippen LogP contribution in [0.1, 0.15) is 19.3 Å². The first-order chi connectivity index (χ1) is 11.5. The van der Waals surface area contributed by atoms with Gasteiger partial charge in [0.25, 0.3) is 0 Å². The molecule has 1 heterocycles. The van der Waals surface area contributed by atoms with Crippen molar-refractivity contribution in [3.63, 3.8) is 0 Å². The lowest BCUT2D eigenvalue weighted by molar-refractivity contribution is -0.143. The van der Waals surface area contributed by atoms with Crippen molar-refractivity contribution in [1.82, 2.24) is 4.90 Å². The second-order valence-corrected chi connectivity index (χ2v) is 7.66. The van der Waals surface area contributed by atoms with Crippen molar-refractivity contribution >= 4 is 46.6 Å². The lowest BCUT2D eigenvalue weighted by atomic mass is 9.81. The fraction of sp³-hybridized carbons (Fsp3) is 0.471. The summed E-state index contributed by atoms with van der Waals surface area (Å²) in [5.74, 6) is -0.589. The van der Waals surface area contributed by atoms with Crippen LogP contribution in [0.5, 0.6) is 0 Å². The number of hydrogen-bond donors (Lipinski definition) is 1. The number of benzene rings is 1. The molecule has 1 aromatic carbocycles. The number of anilines is 1. The number of nitrogens with one attached hydrogen (secondary N) is 1. The Bertz CT molecular complexity index is 723. The maximum absolute atomic E-state index is 12.6. The molecule has 7 heteroatoms. The number of rotatable bonds is 3. The van der Waals surface area contributed by atoms with E-state index in [0.29, 0.717) is 27.6 Å². The van der Waals surface area contributed by atoms with E-state index in [4.69, 9.17) is 23.2 Å². The van der Waals surface area contributed by atoms with Crippen molar-refractivity contribution in [1.29, 1.82) is 0 Å². The van der Waals surface area contributed by atoms with Crippen LogP contribution in [0.2, 0.25) is 10.0 Å². The van der Waals surface area contributed by atoms with Crippen molar-refractivity contribution in [3.8, 4) is 0 Å². The first-order valence-corrected chi connectivity index (χ1v) is 8.81. The van der Waals surface area contributed by atoms with Crippen molar-refractivity contribution < 1.29 is 14.4 Å². The van der Waals surface area contributed by atoms with Crippen molar-refractivity contribution in [2.75, 3.05) is 11.9 Å². The molecular formula is C17H16Cl2N2O3. The van der Waals surface area contributed by atoms with Crippen LogP contribution >= 0.6 is 23.2 Å².